The SMILES string of the molecule is CCC=C(O)c1cc(Oc2ccc3c(c2)OCO3)cc(C(=O)c2ccc(N(C)c3ccc(Cl)cc3)cc2)c1. The molecule has 0 saturated heterocycles. The van der Waals surface area contributed by atoms with Crippen LogP contribution in [0.1, 0.15) is 34.8 Å². The first kappa shape index (κ1) is 25.2. The van der Waals surface area contributed by atoms with Crippen molar-refractivity contribution in [2.45, 2.75) is 13.3 Å². The van der Waals surface area contributed by atoms with Crippen LogP contribution >= 0.6 is 11.6 Å². The Morgan fingerprint density at radius 1 is 0.868 bits per heavy atom. The molecule has 0 spiro atoms. The maximum Gasteiger partial charge on any atom is 0.231 e. The number of ketones is 1. The largest absolute Gasteiger partial charge is 0.508 e. The van der Waals surface area contributed by atoms with E-state index in [1.807, 2.05) is 55.3 Å². The molecule has 38 heavy (non-hydrogen) atoms. The lowest BCUT2D eigenvalue weighted by molar-refractivity contribution is 0.103. The standard InChI is InChI=1S/C31H26ClNO5/c1-3-4-28(34)21-15-22(17-27(16-21)38-26-13-14-29-30(18-26)37-19-36-29)31(35)20-5-9-24(10-6-20)33(2)25-11-7-23(32)8-12-25/h4-18,34H,3,19H2,1-2H3. The molecule has 0 fully saturated rings. The predicted molar refractivity (Wildman–Crippen MR) is 149 cm³/mol. The van der Waals surface area contributed by atoms with Gasteiger partial charge in [0.1, 0.15) is 17.3 Å². The van der Waals surface area contributed by atoms with Gasteiger partial charge in [-0.2, -0.15) is 0 Å². The molecular weight excluding hydrogens is 502 g/mol. The lowest BCUT2D eigenvalue weighted by Gasteiger charge is -2.20. The quantitative estimate of drug-likeness (QED) is 0.184. The summed E-state index contributed by atoms with van der Waals surface area (Å²) in [5, 5.41) is 11.3. The van der Waals surface area contributed by atoms with E-state index in [1.165, 1.54) is 0 Å². The molecule has 0 aromatic heterocycles. The summed E-state index contributed by atoms with van der Waals surface area (Å²) in [6, 6.07) is 25.2. The Bertz CT molecular complexity index is 1500. The molecule has 7 heteroatoms. The monoisotopic (exact) mass is 527 g/mol. The number of allylic oxidation sites excluding steroid dienone is 1. The second-order valence-corrected chi connectivity index (χ2v) is 9.21. The zero-order valence-corrected chi connectivity index (χ0v) is 21.7. The van der Waals surface area contributed by atoms with Crippen LogP contribution in [0.5, 0.6) is 23.0 Å². The van der Waals surface area contributed by atoms with Gasteiger partial charge >= 0.3 is 0 Å². The van der Waals surface area contributed by atoms with E-state index in [1.54, 1.807) is 54.6 Å². The minimum Gasteiger partial charge on any atom is -0.508 e. The number of halogens is 1. The molecule has 6 nitrogen and oxygen atoms in total. The Morgan fingerprint density at radius 2 is 1.53 bits per heavy atom. The van der Waals surface area contributed by atoms with Gasteiger partial charge in [0.25, 0.3) is 0 Å². The van der Waals surface area contributed by atoms with E-state index < -0.39 is 0 Å². The topological polar surface area (TPSA) is 68.2 Å². The fraction of sp³-hybridized carbons (Fsp3) is 0.129. The molecule has 5 rings (SSSR count). The number of hydrogen-bond acceptors (Lipinski definition) is 6. The van der Waals surface area contributed by atoms with Gasteiger partial charge in [0.2, 0.25) is 6.79 Å². The van der Waals surface area contributed by atoms with Crippen LogP contribution in [0.15, 0.2) is 91.0 Å². The Balaban J connectivity index is 1.43. The highest BCUT2D eigenvalue weighted by atomic mass is 35.5. The van der Waals surface area contributed by atoms with Crippen LogP contribution in [0.4, 0.5) is 11.4 Å². The van der Waals surface area contributed by atoms with Crippen molar-refractivity contribution in [2.75, 3.05) is 18.7 Å². The molecule has 1 heterocycles. The van der Waals surface area contributed by atoms with Gasteiger partial charge in [-0.05, 0) is 91.4 Å². The molecule has 1 aliphatic rings. The Hall–Kier alpha value is -4.42. The van der Waals surface area contributed by atoms with Crippen molar-refractivity contribution >= 4 is 34.5 Å². The lowest BCUT2D eigenvalue weighted by Crippen LogP contribution is -2.10. The van der Waals surface area contributed by atoms with Crippen LogP contribution in [-0.2, 0) is 0 Å². The Morgan fingerprint density at radius 3 is 2.24 bits per heavy atom. The molecule has 4 aromatic carbocycles. The predicted octanol–water partition coefficient (Wildman–Crippen LogP) is 8.17. The van der Waals surface area contributed by atoms with E-state index in [2.05, 4.69) is 0 Å². The van der Waals surface area contributed by atoms with Gasteiger partial charge in [-0.3, -0.25) is 4.79 Å². The number of benzene rings is 4. The van der Waals surface area contributed by atoms with Gasteiger partial charge in [0.05, 0.1) is 0 Å². The van der Waals surface area contributed by atoms with E-state index in [4.69, 9.17) is 25.8 Å². The first-order chi connectivity index (χ1) is 18.4. The van der Waals surface area contributed by atoms with Crippen LogP contribution in [0, 0.1) is 0 Å². The number of ether oxygens (including phenoxy) is 3. The van der Waals surface area contributed by atoms with Crippen molar-refractivity contribution in [1.29, 1.82) is 0 Å². The molecule has 0 atom stereocenters. The summed E-state index contributed by atoms with van der Waals surface area (Å²) in [6.45, 7) is 2.09. The molecule has 0 aliphatic carbocycles. The fourth-order valence-corrected chi connectivity index (χ4v) is 4.27. The zero-order valence-electron chi connectivity index (χ0n) is 21.0. The normalized spacial score (nSPS) is 12.3. The minimum absolute atomic E-state index is 0.0811. The van der Waals surface area contributed by atoms with Crippen molar-refractivity contribution in [3.8, 4) is 23.0 Å². The number of aliphatic hydroxyl groups is 1. The van der Waals surface area contributed by atoms with Gasteiger partial charge in [0, 0.05) is 46.2 Å². The first-order valence-electron chi connectivity index (χ1n) is 12.2. The van der Waals surface area contributed by atoms with Crippen LogP contribution in [0.3, 0.4) is 0 Å². The number of nitrogens with zero attached hydrogens (tertiary/aromatic N) is 1. The second kappa shape index (κ2) is 10.9. The minimum atomic E-state index is -0.188. The first-order valence-corrected chi connectivity index (χ1v) is 12.5. The number of carbonyl (C=O) groups is 1. The highest BCUT2D eigenvalue weighted by Crippen LogP contribution is 2.37. The smallest absolute Gasteiger partial charge is 0.231 e. The molecule has 0 radical (unpaired) electrons. The maximum absolute atomic E-state index is 13.5. The molecule has 0 unspecified atom stereocenters. The highest BCUT2D eigenvalue weighted by Gasteiger charge is 2.17. The second-order valence-electron chi connectivity index (χ2n) is 8.77. The summed E-state index contributed by atoms with van der Waals surface area (Å²) < 4.78 is 16.9. The number of fused-ring (bicyclic) bond motifs is 1. The van der Waals surface area contributed by atoms with Gasteiger partial charge in [-0.1, -0.05) is 18.5 Å². The van der Waals surface area contributed by atoms with Gasteiger partial charge in [-0.25, -0.2) is 0 Å². The average molecular weight is 528 g/mol. The molecule has 1 N–H and O–H groups in total. The number of rotatable bonds is 8. The average Bonchev–Trinajstić information content (AvgIpc) is 3.41. The number of carbonyl (C=O) groups excluding carboxylic acids is 1. The maximum atomic E-state index is 13.5. The summed E-state index contributed by atoms with van der Waals surface area (Å²) in [4.78, 5) is 15.5. The Labute approximate surface area is 226 Å². The third-order valence-electron chi connectivity index (χ3n) is 6.17. The summed E-state index contributed by atoms with van der Waals surface area (Å²) in [5.41, 5.74) is 3.31. The van der Waals surface area contributed by atoms with Gasteiger partial charge in [0.15, 0.2) is 17.3 Å². The molecule has 4 aromatic rings. The van der Waals surface area contributed by atoms with Crippen molar-refractivity contribution in [2.24, 2.45) is 0 Å². The van der Waals surface area contributed by atoms with Crippen molar-refractivity contribution in [1.82, 2.24) is 0 Å². The third kappa shape index (κ3) is 5.45. The number of hydrogen-bond donors (Lipinski definition) is 1. The molecule has 0 amide bonds. The Kier molecular flexibility index (Phi) is 7.24. The molecule has 0 bridgehead atoms. The lowest BCUT2D eigenvalue weighted by atomic mass is 9.99. The van der Waals surface area contributed by atoms with Crippen molar-refractivity contribution in [3.63, 3.8) is 0 Å². The summed E-state index contributed by atoms with van der Waals surface area (Å²) >= 11 is 6.01. The van der Waals surface area contributed by atoms with Gasteiger partial charge < -0.3 is 24.2 Å². The van der Waals surface area contributed by atoms with Crippen molar-refractivity contribution < 1.29 is 24.1 Å². The van der Waals surface area contributed by atoms with Crippen LogP contribution in [0.2, 0.25) is 5.02 Å². The van der Waals surface area contributed by atoms with Gasteiger partial charge in [-0.15, -0.1) is 0 Å². The van der Waals surface area contributed by atoms with Crippen LogP contribution < -0.4 is 19.1 Å². The van der Waals surface area contributed by atoms with Crippen LogP contribution in [-0.4, -0.2) is 24.7 Å². The van der Waals surface area contributed by atoms with E-state index in [9.17, 15) is 9.90 Å². The van der Waals surface area contributed by atoms with E-state index in [0.717, 1.165) is 11.4 Å². The molecular formula is C31H26ClNO5. The zero-order chi connectivity index (χ0) is 26.6. The van der Waals surface area contributed by atoms with E-state index >= 15 is 0 Å². The summed E-state index contributed by atoms with van der Waals surface area (Å²) in [6.07, 6.45) is 2.33. The molecule has 192 valence electrons. The van der Waals surface area contributed by atoms with E-state index in [0.29, 0.717) is 51.1 Å². The number of aliphatic hydroxyl groups excluding tert-OH is 1. The van der Waals surface area contributed by atoms with Crippen molar-refractivity contribution in [3.05, 3.63) is 113 Å². The summed E-state index contributed by atoms with van der Waals surface area (Å²) in [5.74, 6) is 2.08. The molecule has 1 aliphatic heterocycles. The molecule has 0 saturated carbocycles. The number of anilines is 2. The van der Waals surface area contributed by atoms with E-state index in [-0.39, 0.29) is 18.3 Å². The third-order valence-corrected chi connectivity index (χ3v) is 6.42. The van der Waals surface area contributed by atoms with Crippen LogP contribution in [0.25, 0.3) is 5.76 Å². The highest BCUT2D eigenvalue weighted by molar-refractivity contribution is 6.30. The fourth-order valence-electron chi connectivity index (χ4n) is 4.14. The summed E-state index contributed by atoms with van der Waals surface area (Å²) in [7, 11) is 1.95.